The van der Waals surface area contributed by atoms with Crippen molar-refractivity contribution in [3.63, 3.8) is 0 Å². The molecule has 0 saturated carbocycles. The van der Waals surface area contributed by atoms with Crippen molar-refractivity contribution < 1.29 is 4.74 Å². The van der Waals surface area contributed by atoms with E-state index in [0.717, 1.165) is 24.3 Å². The molecule has 0 aliphatic carbocycles. The molecule has 3 heteroatoms. The van der Waals surface area contributed by atoms with Gasteiger partial charge in [0.25, 0.3) is 0 Å². The highest BCUT2D eigenvalue weighted by molar-refractivity contribution is 6.32. The van der Waals surface area contributed by atoms with E-state index in [1.54, 1.807) is 0 Å². The lowest BCUT2D eigenvalue weighted by Crippen LogP contribution is -1.85. The maximum atomic E-state index is 5.94. The van der Waals surface area contributed by atoms with Crippen LogP contribution in [0.25, 0.3) is 0 Å². The monoisotopic (exact) mass is 202 g/mol. The van der Waals surface area contributed by atoms with Crippen LogP contribution < -0.4 is 4.74 Å². The summed E-state index contributed by atoms with van der Waals surface area (Å²) >= 11 is 11.7. The molecule has 1 aliphatic rings. The number of alkyl halides is 1. The second-order valence-corrected chi connectivity index (χ2v) is 3.46. The van der Waals surface area contributed by atoms with Crippen molar-refractivity contribution in [2.24, 2.45) is 0 Å². The summed E-state index contributed by atoms with van der Waals surface area (Å²) < 4.78 is 5.35. The van der Waals surface area contributed by atoms with Crippen LogP contribution in [0.5, 0.6) is 5.75 Å². The van der Waals surface area contributed by atoms with Crippen molar-refractivity contribution in [2.45, 2.75) is 12.3 Å². The van der Waals surface area contributed by atoms with Gasteiger partial charge in [-0.1, -0.05) is 11.6 Å². The normalized spacial score (nSPS) is 14.2. The van der Waals surface area contributed by atoms with Gasteiger partial charge in [-0.2, -0.15) is 0 Å². The molecule has 2 rings (SSSR count). The van der Waals surface area contributed by atoms with Gasteiger partial charge in [0.15, 0.2) is 0 Å². The molecule has 1 heterocycles. The molecular formula is C9H8Cl2O. The fourth-order valence-electron chi connectivity index (χ4n) is 1.35. The van der Waals surface area contributed by atoms with E-state index in [1.807, 2.05) is 12.1 Å². The van der Waals surface area contributed by atoms with Crippen molar-refractivity contribution in [1.29, 1.82) is 0 Å². The number of hydrogen-bond acceptors (Lipinski definition) is 1. The van der Waals surface area contributed by atoms with Gasteiger partial charge in [-0.3, -0.25) is 0 Å². The molecule has 0 bridgehead atoms. The molecule has 1 aliphatic heterocycles. The number of benzene rings is 1. The van der Waals surface area contributed by atoms with E-state index in [1.165, 1.54) is 5.56 Å². The molecule has 0 spiro atoms. The summed E-state index contributed by atoms with van der Waals surface area (Å²) in [6.45, 7) is 0.761. The first kappa shape index (κ1) is 8.21. The molecule has 0 radical (unpaired) electrons. The quantitative estimate of drug-likeness (QED) is 0.637. The fraction of sp³-hybridized carbons (Fsp3) is 0.333. The summed E-state index contributed by atoms with van der Waals surface area (Å²) in [5, 5.41) is 0.700. The van der Waals surface area contributed by atoms with Gasteiger partial charge in [-0.15, -0.1) is 11.6 Å². The van der Waals surface area contributed by atoms with Crippen molar-refractivity contribution in [3.05, 3.63) is 28.3 Å². The molecule has 0 saturated heterocycles. The van der Waals surface area contributed by atoms with E-state index < -0.39 is 0 Å². The first-order chi connectivity index (χ1) is 5.81. The lowest BCUT2D eigenvalue weighted by atomic mass is 10.1. The molecular weight excluding hydrogens is 195 g/mol. The van der Waals surface area contributed by atoms with E-state index in [2.05, 4.69) is 0 Å². The number of hydrogen-bond donors (Lipinski definition) is 0. The molecule has 12 heavy (non-hydrogen) atoms. The molecule has 0 amide bonds. The van der Waals surface area contributed by atoms with Crippen LogP contribution in [0.1, 0.15) is 11.1 Å². The summed E-state index contributed by atoms with van der Waals surface area (Å²) in [4.78, 5) is 0. The van der Waals surface area contributed by atoms with Crippen molar-refractivity contribution in [1.82, 2.24) is 0 Å². The Morgan fingerprint density at radius 2 is 2.25 bits per heavy atom. The molecule has 1 nitrogen and oxygen atoms in total. The average Bonchev–Trinajstić information content (AvgIpc) is 2.49. The minimum Gasteiger partial charge on any atom is -0.493 e. The lowest BCUT2D eigenvalue weighted by molar-refractivity contribution is 0.357. The highest BCUT2D eigenvalue weighted by Crippen LogP contribution is 2.31. The largest absolute Gasteiger partial charge is 0.493 e. The standard InChI is InChI=1S/C9H8Cl2O/c10-5-7-3-6-1-2-12-9(6)4-8(7)11/h3-4H,1-2,5H2. The minimum absolute atomic E-state index is 0.464. The maximum absolute atomic E-state index is 5.94. The predicted octanol–water partition coefficient (Wildman–Crippen LogP) is 3.01. The Hall–Kier alpha value is -0.400. The topological polar surface area (TPSA) is 9.23 Å². The third-order valence-electron chi connectivity index (χ3n) is 2.00. The number of fused-ring (bicyclic) bond motifs is 1. The van der Waals surface area contributed by atoms with E-state index in [4.69, 9.17) is 27.9 Å². The smallest absolute Gasteiger partial charge is 0.124 e. The Balaban J connectivity index is 2.49. The van der Waals surface area contributed by atoms with Gasteiger partial charge >= 0.3 is 0 Å². The van der Waals surface area contributed by atoms with Crippen LogP contribution in [0, 0.1) is 0 Å². The Morgan fingerprint density at radius 1 is 1.42 bits per heavy atom. The Bertz CT molecular complexity index is 309. The second-order valence-electron chi connectivity index (χ2n) is 2.78. The summed E-state index contributed by atoms with van der Waals surface area (Å²) in [7, 11) is 0. The third-order valence-corrected chi connectivity index (χ3v) is 2.64. The lowest BCUT2D eigenvalue weighted by Gasteiger charge is -2.03. The molecule has 64 valence electrons. The van der Waals surface area contributed by atoms with Gasteiger partial charge in [-0.05, 0) is 23.3 Å². The van der Waals surface area contributed by atoms with Gasteiger partial charge in [0.1, 0.15) is 5.75 Å². The zero-order valence-corrected chi connectivity index (χ0v) is 7.95. The van der Waals surface area contributed by atoms with Crippen LogP contribution in [0.2, 0.25) is 5.02 Å². The van der Waals surface area contributed by atoms with Gasteiger partial charge in [0, 0.05) is 17.3 Å². The number of rotatable bonds is 1. The highest BCUT2D eigenvalue weighted by atomic mass is 35.5. The van der Waals surface area contributed by atoms with Crippen molar-refractivity contribution in [2.75, 3.05) is 6.61 Å². The third kappa shape index (κ3) is 1.27. The SMILES string of the molecule is ClCc1cc2c(cc1Cl)OCC2. The summed E-state index contributed by atoms with van der Waals surface area (Å²) in [6, 6.07) is 3.87. The predicted molar refractivity (Wildman–Crippen MR) is 50.2 cm³/mol. The molecule has 0 N–H and O–H groups in total. The molecule has 1 aromatic rings. The van der Waals surface area contributed by atoms with E-state index in [-0.39, 0.29) is 0 Å². The van der Waals surface area contributed by atoms with Crippen molar-refractivity contribution >= 4 is 23.2 Å². The van der Waals surface area contributed by atoms with Gasteiger partial charge < -0.3 is 4.74 Å². The van der Waals surface area contributed by atoms with E-state index >= 15 is 0 Å². The molecule has 1 aromatic carbocycles. The van der Waals surface area contributed by atoms with Crippen LogP contribution in [0.15, 0.2) is 12.1 Å². The Morgan fingerprint density at radius 3 is 3.00 bits per heavy atom. The van der Waals surface area contributed by atoms with Crippen LogP contribution >= 0.6 is 23.2 Å². The number of ether oxygens (including phenoxy) is 1. The van der Waals surface area contributed by atoms with Crippen molar-refractivity contribution in [3.8, 4) is 5.75 Å². The molecule has 0 fully saturated rings. The molecule has 0 atom stereocenters. The number of halogens is 2. The van der Waals surface area contributed by atoms with Crippen LogP contribution in [0.3, 0.4) is 0 Å². The first-order valence-electron chi connectivity index (χ1n) is 3.81. The average molecular weight is 203 g/mol. The summed E-state index contributed by atoms with van der Waals surface area (Å²) in [6.07, 6.45) is 0.969. The first-order valence-corrected chi connectivity index (χ1v) is 4.72. The zero-order chi connectivity index (χ0) is 8.55. The van der Waals surface area contributed by atoms with Crippen LogP contribution in [-0.2, 0) is 12.3 Å². The van der Waals surface area contributed by atoms with E-state index in [0.29, 0.717) is 10.9 Å². The summed E-state index contributed by atoms with van der Waals surface area (Å²) in [5.74, 6) is 1.38. The minimum atomic E-state index is 0.464. The zero-order valence-electron chi connectivity index (χ0n) is 6.44. The molecule has 0 unspecified atom stereocenters. The molecule has 0 aromatic heterocycles. The van der Waals surface area contributed by atoms with Gasteiger partial charge in [0.2, 0.25) is 0 Å². The van der Waals surface area contributed by atoms with Gasteiger partial charge in [-0.25, -0.2) is 0 Å². The van der Waals surface area contributed by atoms with Crippen LogP contribution in [-0.4, -0.2) is 6.61 Å². The van der Waals surface area contributed by atoms with E-state index in [9.17, 15) is 0 Å². The Kier molecular flexibility index (Phi) is 2.16. The Labute approximate surface area is 81.2 Å². The maximum Gasteiger partial charge on any atom is 0.124 e. The highest BCUT2D eigenvalue weighted by Gasteiger charge is 2.14. The fourth-order valence-corrected chi connectivity index (χ4v) is 1.86. The second kappa shape index (κ2) is 3.15. The van der Waals surface area contributed by atoms with Crippen LogP contribution in [0.4, 0.5) is 0 Å². The van der Waals surface area contributed by atoms with Gasteiger partial charge in [0.05, 0.1) is 6.61 Å². The summed E-state index contributed by atoms with van der Waals surface area (Å²) in [5.41, 5.74) is 2.21.